The van der Waals surface area contributed by atoms with Crippen LogP contribution in [0.2, 0.25) is 0 Å². The lowest BCUT2D eigenvalue weighted by Gasteiger charge is -2.37. The number of aliphatic carboxylic acids is 1. The fourth-order valence-corrected chi connectivity index (χ4v) is 3.03. The summed E-state index contributed by atoms with van der Waals surface area (Å²) in [5.74, 6) is -1.11. The highest BCUT2D eigenvalue weighted by Crippen LogP contribution is 2.31. The van der Waals surface area contributed by atoms with Crippen molar-refractivity contribution in [3.63, 3.8) is 0 Å². The second-order valence-electron chi connectivity index (χ2n) is 5.94. The van der Waals surface area contributed by atoms with Crippen molar-refractivity contribution in [2.45, 2.75) is 50.7 Å². The molecule has 22 heavy (non-hydrogen) atoms. The van der Waals surface area contributed by atoms with E-state index in [0.29, 0.717) is 6.61 Å². The first-order valence-electron chi connectivity index (χ1n) is 7.74. The zero-order chi connectivity index (χ0) is 15.8. The first-order chi connectivity index (χ1) is 10.6. The normalized spacial score (nSPS) is 16.9. The molecule has 1 aromatic rings. The number of carboxylic acids is 1. The monoisotopic (exact) mass is 305 g/mol. The van der Waals surface area contributed by atoms with Crippen LogP contribution in [0.3, 0.4) is 0 Å². The molecule has 0 aromatic heterocycles. The maximum absolute atomic E-state index is 12.1. The van der Waals surface area contributed by atoms with Crippen molar-refractivity contribution in [1.82, 2.24) is 5.32 Å². The lowest BCUT2D eigenvalue weighted by atomic mass is 9.79. The molecule has 0 radical (unpaired) electrons. The Kier molecular flexibility index (Phi) is 5.95. The molecule has 120 valence electrons. The van der Waals surface area contributed by atoms with Crippen LogP contribution in [-0.4, -0.2) is 29.1 Å². The molecule has 0 aliphatic heterocycles. The minimum Gasteiger partial charge on any atom is -0.481 e. The van der Waals surface area contributed by atoms with E-state index in [-0.39, 0.29) is 18.9 Å². The zero-order valence-electron chi connectivity index (χ0n) is 12.7. The lowest BCUT2D eigenvalue weighted by Crippen LogP contribution is -2.52. The number of hydrogen-bond donors (Lipinski definition) is 2. The number of benzene rings is 1. The number of ether oxygens (including phenoxy) is 1. The van der Waals surface area contributed by atoms with Gasteiger partial charge in [0.15, 0.2) is 0 Å². The average molecular weight is 305 g/mol. The van der Waals surface area contributed by atoms with Crippen molar-refractivity contribution in [3.8, 4) is 0 Å². The lowest BCUT2D eigenvalue weighted by molar-refractivity contribution is -0.140. The molecule has 1 amide bonds. The van der Waals surface area contributed by atoms with Gasteiger partial charge >= 0.3 is 5.97 Å². The molecule has 5 heteroatoms. The maximum Gasteiger partial charge on any atom is 0.305 e. The average Bonchev–Trinajstić information content (AvgIpc) is 2.48. The van der Waals surface area contributed by atoms with Gasteiger partial charge < -0.3 is 15.2 Å². The Labute approximate surface area is 130 Å². The van der Waals surface area contributed by atoms with E-state index in [9.17, 15) is 9.59 Å². The summed E-state index contributed by atoms with van der Waals surface area (Å²) in [6.07, 6.45) is 4.45. The highest BCUT2D eigenvalue weighted by atomic mass is 16.5. The van der Waals surface area contributed by atoms with Crippen molar-refractivity contribution < 1.29 is 19.4 Å². The molecular formula is C17H23NO4. The van der Waals surface area contributed by atoms with Gasteiger partial charge in [-0.1, -0.05) is 49.6 Å². The molecule has 0 spiro atoms. The molecule has 1 aromatic carbocycles. The highest BCUT2D eigenvalue weighted by molar-refractivity contribution is 5.79. The fraction of sp³-hybridized carbons (Fsp3) is 0.529. The van der Waals surface area contributed by atoms with Crippen LogP contribution in [0.5, 0.6) is 0 Å². The Morgan fingerprint density at radius 1 is 1.14 bits per heavy atom. The molecule has 1 saturated carbocycles. The van der Waals surface area contributed by atoms with Gasteiger partial charge in [-0.2, -0.15) is 0 Å². The van der Waals surface area contributed by atoms with E-state index in [1.807, 2.05) is 30.3 Å². The maximum atomic E-state index is 12.1. The molecule has 2 rings (SSSR count). The molecule has 0 unspecified atom stereocenters. The van der Waals surface area contributed by atoms with Gasteiger partial charge in [-0.25, -0.2) is 0 Å². The number of carboxylic acid groups (broad SMARTS) is 1. The fourth-order valence-electron chi connectivity index (χ4n) is 3.03. The van der Waals surface area contributed by atoms with Gasteiger partial charge in [0.1, 0.15) is 6.61 Å². The van der Waals surface area contributed by atoms with Gasteiger partial charge in [-0.3, -0.25) is 9.59 Å². The summed E-state index contributed by atoms with van der Waals surface area (Å²) in [5, 5.41) is 12.0. The van der Waals surface area contributed by atoms with E-state index >= 15 is 0 Å². The third-order valence-corrected chi connectivity index (χ3v) is 4.05. The van der Waals surface area contributed by atoms with Crippen LogP contribution in [0.1, 0.15) is 44.1 Å². The Bertz CT molecular complexity index is 495. The smallest absolute Gasteiger partial charge is 0.305 e. The van der Waals surface area contributed by atoms with E-state index in [0.717, 1.165) is 37.7 Å². The van der Waals surface area contributed by atoms with Gasteiger partial charge in [0.05, 0.1) is 18.6 Å². The molecule has 1 fully saturated rings. The number of carbonyl (C=O) groups is 2. The summed E-state index contributed by atoms with van der Waals surface area (Å²) < 4.78 is 5.41. The van der Waals surface area contributed by atoms with Gasteiger partial charge in [-0.05, 0) is 18.4 Å². The topological polar surface area (TPSA) is 75.6 Å². The summed E-state index contributed by atoms with van der Waals surface area (Å²) in [4.78, 5) is 23.1. The predicted octanol–water partition coefficient (Wildman–Crippen LogP) is 2.50. The molecule has 0 heterocycles. The van der Waals surface area contributed by atoms with Crippen LogP contribution in [0.15, 0.2) is 30.3 Å². The number of carbonyl (C=O) groups excluding carboxylic acids is 1. The second kappa shape index (κ2) is 7.94. The first kappa shape index (κ1) is 16.5. The third kappa shape index (κ3) is 5.15. The Hall–Kier alpha value is -1.88. The van der Waals surface area contributed by atoms with E-state index < -0.39 is 11.5 Å². The summed E-state index contributed by atoms with van der Waals surface area (Å²) in [6, 6.07) is 9.64. The van der Waals surface area contributed by atoms with Gasteiger partial charge in [0.25, 0.3) is 0 Å². The molecule has 5 nitrogen and oxygen atoms in total. The standard InChI is InChI=1S/C17H23NO4/c19-15(13-22-12-14-7-3-1-4-8-14)18-17(11-16(20)21)9-5-2-6-10-17/h1,3-4,7-8H,2,5-6,9-13H2,(H,18,19)(H,20,21). The zero-order valence-corrected chi connectivity index (χ0v) is 12.7. The summed E-state index contributed by atoms with van der Waals surface area (Å²) in [7, 11) is 0. The van der Waals surface area contributed by atoms with E-state index in [2.05, 4.69) is 5.32 Å². The van der Waals surface area contributed by atoms with Gasteiger partial charge in [-0.15, -0.1) is 0 Å². The minimum absolute atomic E-state index is 0.0164. The van der Waals surface area contributed by atoms with Crippen molar-refractivity contribution >= 4 is 11.9 Å². The molecule has 0 bridgehead atoms. The van der Waals surface area contributed by atoms with Crippen molar-refractivity contribution in [2.24, 2.45) is 0 Å². The Balaban J connectivity index is 1.81. The van der Waals surface area contributed by atoms with Gasteiger partial charge in [0, 0.05) is 0 Å². The van der Waals surface area contributed by atoms with E-state index in [4.69, 9.17) is 9.84 Å². The molecule has 0 saturated heterocycles. The van der Waals surface area contributed by atoms with Crippen molar-refractivity contribution in [1.29, 1.82) is 0 Å². The van der Waals surface area contributed by atoms with Crippen molar-refractivity contribution in [2.75, 3.05) is 6.61 Å². The number of amides is 1. The largest absolute Gasteiger partial charge is 0.481 e. The van der Waals surface area contributed by atoms with Crippen LogP contribution in [0.25, 0.3) is 0 Å². The second-order valence-corrected chi connectivity index (χ2v) is 5.94. The highest BCUT2D eigenvalue weighted by Gasteiger charge is 2.35. The molecular weight excluding hydrogens is 282 g/mol. The van der Waals surface area contributed by atoms with Gasteiger partial charge in [0.2, 0.25) is 5.91 Å². The predicted molar refractivity (Wildman–Crippen MR) is 82.3 cm³/mol. The molecule has 1 aliphatic rings. The van der Waals surface area contributed by atoms with Crippen LogP contribution >= 0.6 is 0 Å². The Morgan fingerprint density at radius 2 is 1.82 bits per heavy atom. The molecule has 0 atom stereocenters. The number of rotatable bonds is 7. The Morgan fingerprint density at radius 3 is 2.45 bits per heavy atom. The summed E-state index contributed by atoms with van der Waals surface area (Å²) in [6.45, 7) is 0.330. The first-order valence-corrected chi connectivity index (χ1v) is 7.74. The summed E-state index contributed by atoms with van der Waals surface area (Å²) in [5.41, 5.74) is 0.408. The molecule has 1 aliphatic carbocycles. The van der Waals surface area contributed by atoms with E-state index in [1.165, 1.54) is 0 Å². The summed E-state index contributed by atoms with van der Waals surface area (Å²) >= 11 is 0. The number of hydrogen-bond acceptors (Lipinski definition) is 3. The van der Waals surface area contributed by atoms with Crippen LogP contribution in [0, 0.1) is 0 Å². The SMILES string of the molecule is O=C(O)CC1(NC(=O)COCc2ccccc2)CCCCC1. The third-order valence-electron chi connectivity index (χ3n) is 4.05. The minimum atomic E-state index is -0.868. The van der Waals surface area contributed by atoms with Crippen LogP contribution < -0.4 is 5.32 Å². The van der Waals surface area contributed by atoms with Crippen molar-refractivity contribution in [3.05, 3.63) is 35.9 Å². The van der Waals surface area contributed by atoms with Crippen LogP contribution in [-0.2, 0) is 20.9 Å². The number of nitrogens with one attached hydrogen (secondary N) is 1. The molecule has 2 N–H and O–H groups in total. The quantitative estimate of drug-likeness (QED) is 0.811. The van der Waals surface area contributed by atoms with E-state index in [1.54, 1.807) is 0 Å². The van der Waals surface area contributed by atoms with Crippen LogP contribution in [0.4, 0.5) is 0 Å².